The van der Waals surface area contributed by atoms with Crippen LogP contribution in [0.25, 0.3) is 0 Å². The molecular formula is C13H18BrNO3S. The quantitative estimate of drug-likeness (QED) is 0.908. The molecule has 106 valence electrons. The van der Waals surface area contributed by atoms with Crippen molar-refractivity contribution < 1.29 is 13.5 Å². The zero-order valence-electron chi connectivity index (χ0n) is 10.6. The fourth-order valence-corrected chi connectivity index (χ4v) is 4.59. The van der Waals surface area contributed by atoms with Crippen LogP contribution in [0.2, 0.25) is 0 Å². The van der Waals surface area contributed by atoms with Crippen LogP contribution in [-0.4, -0.2) is 37.5 Å². The summed E-state index contributed by atoms with van der Waals surface area (Å²) in [6, 6.07) is 6.79. The van der Waals surface area contributed by atoms with E-state index < -0.39 is 10.0 Å². The van der Waals surface area contributed by atoms with Crippen LogP contribution in [0, 0.1) is 5.92 Å². The maximum absolute atomic E-state index is 12.5. The first kappa shape index (κ1) is 15.0. The van der Waals surface area contributed by atoms with Gasteiger partial charge in [0.15, 0.2) is 0 Å². The van der Waals surface area contributed by atoms with Gasteiger partial charge in [0.2, 0.25) is 10.0 Å². The number of aliphatic hydroxyl groups is 1. The topological polar surface area (TPSA) is 57.6 Å². The molecule has 1 aliphatic heterocycles. The molecule has 0 bridgehead atoms. The number of piperidine rings is 1. The van der Waals surface area contributed by atoms with Crippen LogP contribution in [-0.2, 0) is 10.0 Å². The second-order valence-electron chi connectivity index (χ2n) is 4.84. The number of benzene rings is 1. The highest BCUT2D eigenvalue weighted by Gasteiger charge is 2.29. The fourth-order valence-electron chi connectivity index (χ4n) is 2.44. The summed E-state index contributed by atoms with van der Waals surface area (Å²) in [5.74, 6) is 0.265. The molecule has 0 aliphatic carbocycles. The Morgan fingerprint density at radius 1 is 1.42 bits per heavy atom. The second-order valence-corrected chi connectivity index (χ2v) is 7.69. The summed E-state index contributed by atoms with van der Waals surface area (Å²) in [4.78, 5) is 0.325. The monoisotopic (exact) mass is 347 g/mol. The number of hydrogen-bond acceptors (Lipinski definition) is 3. The van der Waals surface area contributed by atoms with E-state index in [2.05, 4.69) is 15.9 Å². The van der Waals surface area contributed by atoms with Crippen molar-refractivity contribution in [2.24, 2.45) is 5.92 Å². The van der Waals surface area contributed by atoms with Crippen molar-refractivity contribution in [3.63, 3.8) is 0 Å². The lowest BCUT2D eigenvalue weighted by Gasteiger charge is -2.31. The maximum Gasteiger partial charge on any atom is 0.243 e. The van der Waals surface area contributed by atoms with Crippen molar-refractivity contribution in [1.82, 2.24) is 4.31 Å². The number of rotatable bonds is 4. The molecule has 6 heteroatoms. The van der Waals surface area contributed by atoms with Crippen molar-refractivity contribution >= 4 is 26.0 Å². The second kappa shape index (κ2) is 6.35. The molecule has 1 fully saturated rings. The maximum atomic E-state index is 12.5. The molecule has 0 saturated carbocycles. The Morgan fingerprint density at radius 2 is 2.21 bits per heavy atom. The van der Waals surface area contributed by atoms with E-state index in [1.54, 1.807) is 22.5 Å². The molecule has 0 aromatic heterocycles. The van der Waals surface area contributed by atoms with Gasteiger partial charge in [-0.25, -0.2) is 8.42 Å². The molecule has 2 rings (SSSR count). The highest BCUT2D eigenvalue weighted by molar-refractivity contribution is 9.10. The molecule has 1 atom stereocenters. The van der Waals surface area contributed by atoms with Crippen LogP contribution >= 0.6 is 15.9 Å². The van der Waals surface area contributed by atoms with Gasteiger partial charge in [0.1, 0.15) is 0 Å². The summed E-state index contributed by atoms with van der Waals surface area (Å²) in [7, 11) is -3.41. The average molecular weight is 348 g/mol. The molecule has 1 aliphatic rings. The van der Waals surface area contributed by atoms with Gasteiger partial charge in [-0.2, -0.15) is 4.31 Å². The lowest BCUT2D eigenvalue weighted by atomic mass is 9.97. The van der Waals surface area contributed by atoms with Crippen molar-refractivity contribution in [3.05, 3.63) is 28.7 Å². The Balaban J connectivity index is 2.19. The lowest BCUT2D eigenvalue weighted by molar-refractivity contribution is 0.203. The van der Waals surface area contributed by atoms with E-state index in [4.69, 9.17) is 5.11 Å². The molecule has 1 heterocycles. The first-order valence-corrected chi connectivity index (χ1v) is 8.64. The van der Waals surface area contributed by atoms with E-state index in [0.717, 1.165) is 17.3 Å². The number of nitrogens with zero attached hydrogens (tertiary/aromatic N) is 1. The third kappa shape index (κ3) is 3.56. The molecule has 0 radical (unpaired) electrons. The summed E-state index contributed by atoms with van der Waals surface area (Å²) in [5, 5.41) is 8.99. The van der Waals surface area contributed by atoms with Gasteiger partial charge in [0.05, 0.1) is 4.90 Å². The molecule has 19 heavy (non-hydrogen) atoms. The smallest absolute Gasteiger partial charge is 0.243 e. The third-order valence-electron chi connectivity index (χ3n) is 3.45. The molecular weight excluding hydrogens is 330 g/mol. The molecule has 4 nitrogen and oxygen atoms in total. The van der Waals surface area contributed by atoms with E-state index in [-0.39, 0.29) is 12.5 Å². The Kier molecular flexibility index (Phi) is 5.00. The van der Waals surface area contributed by atoms with Gasteiger partial charge in [-0.1, -0.05) is 22.0 Å². The predicted octanol–water partition coefficient (Wildman–Crippen LogP) is 2.23. The zero-order valence-corrected chi connectivity index (χ0v) is 13.0. The molecule has 1 unspecified atom stereocenters. The zero-order chi connectivity index (χ0) is 13.9. The van der Waals surface area contributed by atoms with Crippen LogP contribution in [0.15, 0.2) is 33.6 Å². The minimum absolute atomic E-state index is 0.120. The summed E-state index contributed by atoms with van der Waals surface area (Å²) in [6.07, 6.45) is 2.52. The Labute approximate surface area is 122 Å². The first-order valence-electron chi connectivity index (χ1n) is 6.40. The van der Waals surface area contributed by atoms with Crippen LogP contribution < -0.4 is 0 Å². The third-order valence-corrected chi connectivity index (χ3v) is 5.81. The summed E-state index contributed by atoms with van der Waals surface area (Å²) in [6.45, 7) is 1.20. The average Bonchev–Trinajstić information content (AvgIpc) is 2.39. The van der Waals surface area contributed by atoms with Gasteiger partial charge in [0.25, 0.3) is 0 Å². The minimum atomic E-state index is -3.41. The molecule has 1 aromatic rings. The van der Waals surface area contributed by atoms with Crippen LogP contribution in [0.1, 0.15) is 19.3 Å². The van der Waals surface area contributed by atoms with Crippen molar-refractivity contribution in [2.45, 2.75) is 24.2 Å². The number of sulfonamides is 1. The largest absolute Gasteiger partial charge is 0.396 e. The number of aliphatic hydroxyl groups excluding tert-OH is 1. The SMILES string of the molecule is O=S(=O)(c1cccc(Br)c1)N1CCCC(CCO)C1. The normalized spacial score (nSPS) is 21.5. The molecule has 1 saturated heterocycles. The molecule has 1 aromatic carbocycles. The number of halogens is 1. The summed E-state index contributed by atoms with van der Waals surface area (Å²) in [5.41, 5.74) is 0. The minimum Gasteiger partial charge on any atom is -0.396 e. The summed E-state index contributed by atoms with van der Waals surface area (Å²) < 4.78 is 27.4. The van der Waals surface area contributed by atoms with E-state index in [1.165, 1.54) is 0 Å². The van der Waals surface area contributed by atoms with Gasteiger partial charge in [-0.05, 0) is 43.4 Å². The van der Waals surface area contributed by atoms with Gasteiger partial charge in [-0.3, -0.25) is 0 Å². The first-order chi connectivity index (χ1) is 9.04. The standard InChI is InChI=1S/C13H18BrNO3S/c14-12-4-1-5-13(9-12)19(17,18)15-7-2-3-11(10-15)6-8-16/h1,4-5,9,11,16H,2-3,6-8,10H2. The van der Waals surface area contributed by atoms with Gasteiger partial charge in [0, 0.05) is 24.2 Å². The van der Waals surface area contributed by atoms with Gasteiger partial charge in [-0.15, -0.1) is 0 Å². The molecule has 0 amide bonds. The molecule has 1 N–H and O–H groups in total. The van der Waals surface area contributed by atoms with E-state index in [0.29, 0.717) is 24.4 Å². The highest BCUT2D eigenvalue weighted by Crippen LogP contribution is 2.26. The van der Waals surface area contributed by atoms with Gasteiger partial charge < -0.3 is 5.11 Å². The van der Waals surface area contributed by atoms with Crippen LogP contribution in [0.5, 0.6) is 0 Å². The fraction of sp³-hybridized carbons (Fsp3) is 0.538. The summed E-state index contributed by atoms with van der Waals surface area (Å²) >= 11 is 3.30. The molecule has 0 spiro atoms. The van der Waals surface area contributed by atoms with Crippen LogP contribution in [0.4, 0.5) is 0 Å². The van der Waals surface area contributed by atoms with Gasteiger partial charge >= 0.3 is 0 Å². The lowest BCUT2D eigenvalue weighted by Crippen LogP contribution is -2.40. The Morgan fingerprint density at radius 3 is 2.89 bits per heavy atom. The number of hydrogen-bond donors (Lipinski definition) is 1. The van der Waals surface area contributed by atoms with Crippen molar-refractivity contribution in [2.75, 3.05) is 19.7 Å². The van der Waals surface area contributed by atoms with Crippen molar-refractivity contribution in [1.29, 1.82) is 0 Å². The van der Waals surface area contributed by atoms with E-state index >= 15 is 0 Å². The highest BCUT2D eigenvalue weighted by atomic mass is 79.9. The van der Waals surface area contributed by atoms with E-state index in [9.17, 15) is 8.42 Å². The Hall–Kier alpha value is -0.430. The van der Waals surface area contributed by atoms with Crippen LogP contribution in [0.3, 0.4) is 0 Å². The predicted molar refractivity (Wildman–Crippen MR) is 77.3 cm³/mol. The Bertz CT molecular complexity index is 530. The van der Waals surface area contributed by atoms with Crippen molar-refractivity contribution in [3.8, 4) is 0 Å². The van der Waals surface area contributed by atoms with E-state index in [1.807, 2.05) is 6.07 Å².